The fraction of sp³-hybridized carbons (Fsp3) is 0.462. The lowest BCUT2D eigenvalue weighted by Gasteiger charge is -2.31. The first-order chi connectivity index (χ1) is 9.60. The molecule has 1 rings (SSSR count). The summed E-state index contributed by atoms with van der Waals surface area (Å²) in [5.41, 5.74) is 7.93. The molecule has 1 unspecified atom stereocenters. The van der Waals surface area contributed by atoms with Crippen molar-refractivity contribution in [1.82, 2.24) is 5.32 Å². The summed E-state index contributed by atoms with van der Waals surface area (Å²) in [4.78, 5) is 14.8. The number of aromatic hydroxyl groups is 1. The van der Waals surface area contributed by atoms with Gasteiger partial charge in [0.1, 0.15) is 11.3 Å². The van der Waals surface area contributed by atoms with Gasteiger partial charge < -0.3 is 9.84 Å². The molecule has 0 fully saturated rings. The Morgan fingerprint density at radius 2 is 2.15 bits per heavy atom. The lowest BCUT2D eigenvalue weighted by Crippen LogP contribution is -2.50. The van der Waals surface area contributed by atoms with E-state index < -0.39 is 11.5 Å². The number of nitrogens with zero attached hydrogens (tertiary/aromatic N) is 3. The van der Waals surface area contributed by atoms with Crippen LogP contribution in [-0.2, 0) is 15.1 Å². The molecule has 7 nitrogen and oxygen atoms in total. The molecule has 0 saturated heterocycles. The number of methoxy groups -OCH3 is 1. The number of azide groups is 1. The number of phenolic OH excluding ortho intramolecular Hbond substituents is 1. The van der Waals surface area contributed by atoms with Crippen molar-refractivity contribution in [3.63, 3.8) is 0 Å². The van der Waals surface area contributed by atoms with Crippen molar-refractivity contribution in [3.05, 3.63) is 40.3 Å². The molecule has 0 amide bonds. The second kappa shape index (κ2) is 7.37. The van der Waals surface area contributed by atoms with E-state index >= 15 is 0 Å². The molecule has 0 aromatic heterocycles. The Balaban J connectivity index is 3.07. The fourth-order valence-electron chi connectivity index (χ4n) is 2.05. The van der Waals surface area contributed by atoms with Gasteiger partial charge in [-0.15, -0.1) is 0 Å². The van der Waals surface area contributed by atoms with Gasteiger partial charge in [0.15, 0.2) is 0 Å². The zero-order valence-corrected chi connectivity index (χ0v) is 11.5. The molecule has 2 N–H and O–H groups in total. The van der Waals surface area contributed by atoms with E-state index in [1.54, 1.807) is 12.1 Å². The maximum Gasteiger partial charge on any atom is 0.330 e. The van der Waals surface area contributed by atoms with Gasteiger partial charge in [0, 0.05) is 18.0 Å². The zero-order valence-electron chi connectivity index (χ0n) is 11.5. The maximum absolute atomic E-state index is 12.2. The standard InChI is InChI=1S/C13H18N4O3/c1-3-13(12(19)20-2,15-8-9-16-17-14)10-4-6-11(18)7-5-10/h4-7,15,18H,3,8-9H2,1-2H3. The molecule has 0 bridgehead atoms. The predicted molar refractivity (Wildman–Crippen MR) is 74.1 cm³/mol. The minimum atomic E-state index is -1.02. The van der Waals surface area contributed by atoms with Gasteiger partial charge in [-0.25, -0.2) is 4.79 Å². The third-order valence-corrected chi connectivity index (χ3v) is 3.13. The molecule has 1 aromatic rings. The smallest absolute Gasteiger partial charge is 0.330 e. The summed E-state index contributed by atoms with van der Waals surface area (Å²) in [5.74, 6) is -0.302. The second-order valence-electron chi connectivity index (χ2n) is 4.18. The molecule has 0 aliphatic carbocycles. The van der Waals surface area contributed by atoms with Crippen molar-refractivity contribution in [2.75, 3.05) is 20.2 Å². The molecule has 0 aliphatic rings. The van der Waals surface area contributed by atoms with Crippen molar-refractivity contribution in [1.29, 1.82) is 0 Å². The van der Waals surface area contributed by atoms with Crippen LogP contribution in [0.25, 0.3) is 10.4 Å². The molecule has 0 heterocycles. The molecule has 0 radical (unpaired) electrons. The fourth-order valence-corrected chi connectivity index (χ4v) is 2.05. The number of hydrogen-bond acceptors (Lipinski definition) is 5. The number of esters is 1. The van der Waals surface area contributed by atoms with E-state index in [2.05, 4.69) is 15.3 Å². The number of carbonyl (C=O) groups is 1. The number of phenols is 1. The van der Waals surface area contributed by atoms with Crippen molar-refractivity contribution in [3.8, 4) is 5.75 Å². The highest BCUT2D eigenvalue weighted by atomic mass is 16.5. The summed E-state index contributed by atoms with van der Waals surface area (Å²) in [6.07, 6.45) is 0.459. The Morgan fingerprint density at radius 3 is 2.65 bits per heavy atom. The Bertz CT molecular complexity index is 497. The number of carbonyl (C=O) groups excluding carboxylic acids is 1. The average molecular weight is 278 g/mol. The van der Waals surface area contributed by atoms with Crippen LogP contribution in [0.15, 0.2) is 29.4 Å². The van der Waals surface area contributed by atoms with Crippen molar-refractivity contribution in [2.24, 2.45) is 5.11 Å². The van der Waals surface area contributed by atoms with E-state index in [9.17, 15) is 9.90 Å². The van der Waals surface area contributed by atoms with Gasteiger partial charge in [0.25, 0.3) is 0 Å². The summed E-state index contributed by atoms with van der Waals surface area (Å²) < 4.78 is 4.88. The van der Waals surface area contributed by atoms with Crippen LogP contribution in [0.5, 0.6) is 5.75 Å². The van der Waals surface area contributed by atoms with E-state index in [1.807, 2.05) is 6.92 Å². The van der Waals surface area contributed by atoms with Gasteiger partial charge >= 0.3 is 5.97 Å². The Morgan fingerprint density at radius 1 is 1.50 bits per heavy atom. The quantitative estimate of drug-likeness (QED) is 0.262. The van der Waals surface area contributed by atoms with E-state index in [-0.39, 0.29) is 12.3 Å². The number of benzene rings is 1. The topological polar surface area (TPSA) is 107 Å². The molecule has 0 aliphatic heterocycles. The molecule has 0 spiro atoms. The van der Waals surface area contributed by atoms with Crippen LogP contribution in [-0.4, -0.2) is 31.3 Å². The van der Waals surface area contributed by atoms with E-state index in [1.165, 1.54) is 19.2 Å². The minimum absolute atomic E-state index is 0.123. The predicted octanol–water partition coefficient (Wildman–Crippen LogP) is 2.07. The molecule has 0 saturated carbocycles. The third-order valence-electron chi connectivity index (χ3n) is 3.13. The summed E-state index contributed by atoms with van der Waals surface area (Å²) in [6.45, 7) is 2.42. The molecule has 7 heteroatoms. The van der Waals surface area contributed by atoms with Gasteiger partial charge in [-0.05, 0) is 29.6 Å². The largest absolute Gasteiger partial charge is 0.508 e. The lowest BCUT2D eigenvalue weighted by molar-refractivity contribution is -0.149. The van der Waals surface area contributed by atoms with Gasteiger partial charge in [0.05, 0.1) is 7.11 Å². The highest BCUT2D eigenvalue weighted by Crippen LogP contribution is 2.28. The second-order valence-corrected chi connectivity index (χ2v) is 4.18. The molecule has 20 heavy (non-hydrogen) atoms. The summed E-state index contributed by atoms with van der Waals surface area (Å²) in [6, 6.07) is 6.35. The third kappa shape index (κ3) is 3.40. The van der Waals surface area contributed by atoms with Gasteiger partial charge in [-0.2, -0.15) is 0 Å². The average Bonchev–Trinajstić information content (AvgIpc) is 2.48. The number of hydrogen-bond donors (Lipinski definition) is 2. The van der Waals surface area contributed by atoms with Crippen LogP contribution in [0.1, 0.15) is 18.9 Å². The SMILES string of the molecule is CCC(NCCN=[N+]=[N-])(C(=O)OC)c1ccc(O)cc1. The molecular formula is C13H18N4O3. The van der Waals surface area contributed by atoms with Gasteiger partial charge in [0.2, 0.25) is 0 Å². The maximum atomic E-state index is 12.2. The summed E-state index contributed by atoms with van der Waals surface area (Å²) in [5, 5.41) is 15.9. The molecule has 1 aromatic carbocycles. The Labute approximate surface area is 117 Å². The van der Waals surface area contributed by atoms with Gasteiger partial charge in [-0.1, -0.05) is 24.2 Å². The van der Waals surface area contributed by atoms with Crippen molar-refractivity contribution < 1.29 is 14.6 Å². The van der Waals surface area contributed by atoms with E-state index in [0.717, 1.165) is 0 Å². The van der Waals surface area contributed by atoms with Crippen molar-refractivity contribution >= 4 is 5.97 Å². The monoisotopic (exact) mass is 278 g/mol. The first-order valence-corrected chi connectivity index (χ1v) is 6.24. The van der Waals surface area contributed by atoms with Crippen LogP contribution in [0, 0.1) is 0 Å². The Kier molecular flexibility index (Phi) is 5.83. The van der Waals surface area contributed by atoms with Crippen LogP contribution in [0.3, 0.4) is 0 Å². The number of nitrogens with one attached hydrogen (secondary N) is 1. The highest BCUT2D eigenvalue weighted by molar-refractivity contribution is 5.82. The molecule has 108 valence electrons. The highest BCUT2D eigenvalue weighted by Gasteiger charge is 2.39. The zero-order chi connectivity index (χ0) is 15.0. The first kappa shape index (κ1) is 15.8. The minimum Gasteiger partial charge on any atom is -0.508 e. The number of rotatable bonds is 7. The lowest BCUT2D eigenvalue weighted by atomic mass is 9.87. The molecular weight excluding hydrogens is 260 g/mol. The summed E-state index contributed by atoms with van der Waals surface area (Å²) in [7, 11) is 1.32. The normalized spacial score (nSPS) is 13.1. The Hall–Kier alpha value is -2.24. The van der Waals surface area contributed by atoms with Crippen LogP contribution < -0.4 is 5.32 Å². The van der Waals surface area contributed by atoms with Crippen LogP contribution >= 0.6 is 0 Å². The van der Waals surface area contributed by atoms with E-state index in [4.69, 9.17) is 10.3 Å². The molecule has 1 atom stereocenters. The summed E-state index contributed by atoms with van der Waals surface area (Å²) >= 11 is 0. The van der Waals surface area contributed by atoms with Gasteiger partial charge in [-0.3, -0.25) is 5.32 Å². The van der Waals surface area contributed by atoms with Crippen LogP contribution in [0.4, 0.5) is 0 Å². The van der Waals surface area contributed by atoms with E-state index in [0.29, 0.717) is 18.5 Å². The first-order valence-electron chi connectivity index (χ1n) is 6.24. The van der Waals surface area contributed by atoms with Crippen molar-refractivity contribution in [2.45, 2.75) is 18.9 Å². The van der Waals surface area contributed by atoms with Crippen LogP contribution in [0.2, 0.25) is 0 Å². The number of ether oxygens (including phenoxy) is 1.